The highest BCUT2D eigenvalue weighted by molar-refractivity contribution is 9.10. The highest BCUT2D eigenvalue weighted by Crippen LogP contribution is 2.29. The van der Waals surface area contributed by atoms with E-state index in [-0.39, 0.29) is 5.69 Å². The van der Waals surface area contributed by atoms with Gasteiger partial charge in [0.05, 0.1) is 11.8 Å². The van der Waals surface area contributed by atoms with Gasteiger partial charge in [0, 0.05) is 15.1 Å². The number of benzene rings is 2. The van der Waals surface area contributed by atoms with Gasteiger partial charge in [-0.25, -0.2) is 4.39 Å². The van der Waals surface area contributed by atoms with Gasteiger partial charge in [-0.2, -0.15) is 5.26 Å². The van der Waals surface area contributed by atoms with Crippen LogP contribution in [-0.2, 0) is 0 Å². The molecule has 0 aliphatic carbocycles. The summed E-state index contributed by atoms with van der Waals surface area (Å²) in [7, 11) is 0. The lowest BCUT2D eigenvalue weighted by Crippen LogP contribution is -2.10. The summed E-state index contributed by atoms with van der Waals surface area (Å²) in [5, 5.41) is 12.7. The molecule has 0 heterocycles. The predicted molar refractivity (Wildman–Crippen MR) is 77.5 cm³/mol. The van der Waals surface area contributed by atoms with E-state index in [9.17, 15) is 9.65 Å². The molecule has 2 aromatic rings. The molecule has 0 aliphatic rings. The third-order valence-electron chi connectivity index (χ3n) is 2.58. The van der Waals surface area contributed by atoms with Gasteiger partial charge in [0.2, 0.25) is 0 Å². The van der Waals surface area contributed by atoms with E-state index >= 15 is 0 Å². The fourth-order valence-electron chi connectivity index (χ4n) is 1.65. The van der Waals surface area contributed by atoms with Crippen molar-refractivity contribution in [2.75, 3.05) is 5.32 Å². The number of hydrogen-bond donors (Lipinski definition) is 1. The molecule has 96 valence electrons. The fourth-order valence-corrected chi connectivity index (χ4v) is 2.56. The molecule has 1 atom stereocenters. The average molecular weight is 340 g/mol. The first kappa shape index (κ1) is 13.9. The molecule has 0 fully saturated rings. The Labute approximate surface area is 123 Å². The fraction of sp³-hybridized carbons (Fsp3) is 0.0714. The zero-order valence-corrected chi connectivity index (χ0v) is 12.0. The molecule has 0 spiro atoms. The standard InChI is InChI=1S/C14H9BrClFN2/c15-11-7-9(16)5-6-10(11)14(8-18)19-13-4-2-1-3-12(13)17/h1-7,14,19H. The van der Waals surface area contributed by atoms with Gasteiger partial charge < -0.3 is 5.32 Å². The van der Waals surface area contributed by atoms with E-state index in [0.29, 0.717) is 15.1 Å². The second-order valence-electron chi connectivity index (χ2n) is 3.85. The van der Waals surface area contributed by atoms with Crippen LogP contribution >= 0.6 is 27.5 Å². The molecule has 1 N–H and O–H groups in total. The molecular weight excluding hydrogens is 331 g/mol. The van der Waals surface area contributed by atoms with E-state index in [1.807, 2.05) is 0 Å². The minimum Gasteiger partial charge on any atom is -0.364 e. The molecule has 1 unspecified atom stereocenters. The summed E-state index contributed by atoms with van der Waals surface area (Å²) >= 11 is 9.21. The normalized spacial score (nSPS) is 11.7. The molecule has 5 heteroatoms. The van der Waals surface area contributed by atoms with Crippen molar-refractivity contribution >= 4 is 33.2 Å². The molecule has 0 bridgehead atoms. The largest absolute Gasteiger partial charge is 0.364 e. The zero-order valence-electron chi connectivity index (χ0n) is 9.70. The van der Waals surface area contributed by atoms with Crippen molar-refractivity contribution in [2.45, 2.75) is 6.04 Å². The van der Waals surface area contributed by atoms with Crippen LogP contribution < -0.4 is 5.32 Å². The van der Waals surface area contributed by atoms with Gasteiger partial charge in [-0.3, -0.25) is 0 Å². The van der Waals surface area contributed by atoms with Crippen LogP contribution in [0.15, 0.2) is 46.9 Å². The minimum atomic E-state index is -0.663. The number of rotatable bonds is 3. The van der Waals surface area contributed by atoms with Crippen molar-refractivity contribution < 1.29 is 4.39 Å². The lowest BCUT2D eigenvalue weighted by atomic mass is 10.1. The molecular formula is C14H9BrClFN2. The van der Waals surface area contributed by atoms with E-state index in [0.717, 1.165) is 0 Å². The van der Waals surface area contributed by atoms with Crippen LogP contribution in [0.5, 0.6) is 0 Å². The highest BCUT2D eigenvalue weighted by Gasteiger charge is 2.15. The Morgan fingerprint density at radius 2 is 2.00 bits per heavy atom. The Bertz CT molecular complexity index is 640. The lowest BCUT2D eigenvalue weighted by molar-refractivity contribution is 0.629. The first-order valence-electron chi connectivity index (χ1n) is 5.47. The van der Waals surface area contributed by atoms with Gasteiger partial charge in [-0.1, -0.05) is 45.7 Å². The van der Waals surface area contributed by atoms with Crippen LogP contribution in [0, 0.1) is 17.1 Å². The molecule has 0 saturated carbocycles. The molecule has 2 nitrogen and oxygen atoms in total. The molecule has 0 amide bonds. The topological polar surface area (TPSA) is 35.8 Å². The molecule has 0 saturated heterocycles. The summed E-state index contributed by atoms with van der Waals surface area (Å²) in [6, 6.07) is 12.8. The predicted octanol–water partition coefficient (Wildman–Crippen LogP) is 4.92. The quantitative estimate of drug-likeness (QED) is 0.861. The van der Waals surface area contributed by atoms with Gasteiger partial charge in [0.1, 0.15) is 11.9 Å². The zero-order chi connectivity index (χ0) is 13.8. The Morgan fingerprint density at radius 3 is 2.63 bits per heavy atom. The summed E-state index contributed by atoms with van der Waals surface area (Å²) < 4.78 is 14.3. The van der Waals surface area contributed by atoms with Crippen LogP contribution in [0.25, 0.3) is 0 Å². The second-order valence-corrected chi connectivity index (χ2v) is 5.14. The Hall–Kier alpha value is -1.57. The molecule has 0 radical (unpaired) electrons. The molecule has 2 aromatic carbocycles. The molecule has 0 aliphatic heterocycles. The maximum absolute atomic E-state index is 13.6. The molecule has 2 rings (SSSR count). The van der Waals surface area contributed by atoms with Gasteiger partial charge >= 0.3 is 0 Å². The van der Waals surface area contributed by atoms with Crippen molar-refractivity contribution in [1.82, 2.24) is 0 Å². The summed E-state index contributed by atoms with van der Waals surface area (Å²) in [5.74, 6) is -0.396. The summed E-state index contributed by atoms with van der Waals surface area (Å²) in [4.78, 5) is 0. The van der Waals surface area contributed by atoms with E-state index in [1.54, 1.807) is 36.4 Å². The number of anilines is 1. The van der Waals surface area contributed by atoms with E-state index in [1.165, 1.54) is 6.07 Å². The molecule has 0 aromatic heterocycles. The third kappa shape index (κ3) is 3.25. The van der Waals surface area contributed by atoms with Gasteiger partial charge in [-0.05, 0) is 24.3 Å². The SMILES string of the molecule is N#CC(Nc1ccccc1F)c1ccc(Cl)cc1Br. The number of halogens is 3. The monoisotopic (exact) mass is 338 g/mol. The summed E-state index contributed by atoms with van der Waals surface area (Å²) in [6.45, 7) is 0. The smallest absolute Gasteiger partial charge is 0.146 e. The second kappa shape index (κ2) is 6.05. The maximum Gasteiger partial charge on any atom is 0.146 e. The Balaban J connectivity index is 2.31. The number of nitriles is 1. The van der Waals surface area contributed by atoms with Crippen LogP contribution in [0.2, 0.25) is 5.02 Å². The van der Waals surface area contributed by atoms with Crippen LogP contribution in [0.3, 0.4) is 0 Å². The number of nitrogens with one attached hydrogen (secondary N) is 1. The van der Waals surface area contributed by atoms with E-state index < -0.39 is 11.9 Å². The maximum atomic E-state index is 13.6. The Kier molecular flexibility index (Phi) is 4.41. The summed E-state index contributed by atoms with van der Waals surface area (Å²) in [5.41, 5.74) is 0.992. The Morgan fingerprint density at radius 1 is 1.26 bits per heavy atom. The summed E-state index contributed by atoms with van der Waals surface area (Å²) in [6.07, 6.45) is 0. The minimum absolute atomic E-state index is 0.288. The number of nitrogens with zero attached hydrogens (tertiary/aromatic N) is 1. The third-order valence-corrected chi connectivity index (χ3v) is 3.50. The highest BCUT2D eigenvalue weighted by atomic mass is 79.9. The van der Waals surface area contributed by atoms with Gasteiger partial charge in [-0.15, -0.1) is 0 Å². The first-order valence-corrected chi connectivity index (χ1v) is 6.64. The van der Waals surface area contributed by atoms with Crippen molar-refractivity contribution in [3.05, 3.63) is 63.3 Å². The van der Waals surface area contributed by atoms with Crippen molar-refractivity contribution in [3.8, 4) is 6.07 Å². The van der Waals surface area contributed by atoms with E-state index in [2.05, 4.69) is 27.3 Å². The van der Waals surface area contributed by atoms with Crippen LogP contribution in [-0.4, -0.2) is 0 Å². The molecule has 19 heavy (non-hydrogen) atoms. The van der Waals surface area contributed by atoms with Gasteiger partial charge in [0.25, 0.3) is 0 Å². The van der Waals surface area contributed by atoms with Gasteiger partial charge in [0.15, 0.2) is 0 Å². The van der Waals surface area contributed by atoms with E-state index in [4.69, 9.17) is 11.6 Å². The number of hydrogen-bond acceptors (Lipinski definition) is 2. The van der Waals surface area contributed by atoms with Crippen LogP contribution in [0.4, 0.5) is 10.1 Å². The first-order chi connectivity index (χ1) is 9.11. The van der Waals surface area contributed by atoms with Crippen molar-refractivity contribution in [3.63, 3.8) is 0 Å². The van der Waals surface area contributed by atoms with Crippen molar-refractivity contribution in [1.29, 1.82) is 5.26 Å². The van der Waals surface area contributed by atoms with Crippen molar-refractivity contribution in [2.24, 2.45) is 0 Å². The van der Waals surface area contributed by atoms with Crippen LogP contribution in [0.1, 0.15) is 11.6 Å². The number of para-hydroxylation sites is 1. The average Bonchev–Trinajstić information content (AvgIpc) is 2.39. The lowest BCUT2D eigenvalue weighted by Gasteiger charge is -2.15.